The molecule has 3 heterocycles. The largest absolute Gasteiger partial charge is 0.477 e. The average Bonchev–Trinajstić information content (AvgIpc) is 3.35. The van der Waals surface area contributed by atoms with Gasteiger partial charge in [0.15, 0.2) is 5.82 Å². The van der Waals surface area contributed by atoms with Crippen molar-refractivity contribution < 1.29 is 14.3 Å². The fourth-order valence-corrected chi connectivity index (χ4v) is 4.06. The van der Waals surface area contributed by atoms with E-state index in [-0.39, 0.29) is 35.8 Å². The fraction of sp³-hybridized carbons (Fsp3) is 0.474. The number of rotatable bonds is 3. The number of pyridine rings is 2. The van der Waals surface area contributed by atoms with E-state index in [1.807, 2.05) is 11.8 Å². The molecule has 2 aliphatic rings. The minimum atomic E-state index is -1.28. The third-order valence-electron chi connectivity index (χ3n) is 5.68. The lowest BCUT2D eigenvalue weighted by Crippen LogP contribution is -2.30. The van der Waals surface area contributed by atoms with E-state index in [4.69, 9.17) is 5.73 Å². The van der Waals surface area contributed by atoms with Crippen molar-refractivity contribution in [2.24, 2.45) is 11.7 Å². The number of aryl methyl sites for hydroxylation is 1. The van der Waals surface area contributed by atoms with Gasteiger partial charge in [-0.3, -0.25) is 9.20 Å². The van der Waals surface area contributed by atoms with Gasteiger partial charge in [-0.15, -0.1) is 12.4 Å². The molecule has 0 spiro atoms. The SMILES string of the molecule is Cc1c(N2C[C@H](C)[C@@H](N)C2)c(F)cn2c(=O)c(C(=O)O)cc(C3CC3)c12.Cl. The summed E-state index contributed by atoms with van der Waals surface area (Å²) < 4.78 is 16.1. The first-order valence-corrected chi connectivity index (χ1v) is 8.91. The molecule has 0 amide bonds. The molecule has 0 aromatic carbocycles. The van der Waals surface area contributed by atoms with Crippen LogP contribution in [0, 0.1) is 18.7 Å². The summed E-state index contributed by atoms with van der Waals surface area (Å²) in [4.78, 5) is 26.0. The van der Waals surface area contributed by atoms with Crippen LogP contribution in [0.25, 0.3) is 5.52 Å². The van der Waals surface area contributed by atoms with Crippen molar-refractivity contribution in [3.05, 3.63) is 45.1 Å². The Kier molecular flexibility index (Phi) is 4.94. The standard InChI is InChI=1S/C19H22FN3O3.ClH/c1-9-6-22(8-15(9)21)17-10(2)16-12(11-3-4-11)5-13(19(25)26)18(24)23(16)7-14(17)20;/h5,7,9,11,15H,3-4,6,8,21H2,1-2H3,(H,25,26);1H/t9-,15-;/m0./s1. The van der Waals surface area contributed by atoms with E-state index >= 15 is 0 Å². The fourth-order valence-electron chi connectivity index (χ4n) is 4.06. The summed E-state index contributed by atoms with van der Waals surface area (Å²) in [5.74, 6) is -1.33. The molecule has 0 bridgehead atoms. The number of carboxylic acid groups (broad SMARTS) is 1. The van der Waals surface area contributed by atoms with Gasteiger partial charge >= 0.3 is 5.97 Å². The molecule has 1 saturated heterocycles. The second-order valence-corrected chi connectivity index (χ2v) is 7.61. The van der Waals surface area contributed by atoms with Gasteiger partial charge in [0, 0.05) is 19.1 Å². The number of aromatic carboxylic acids is 1. The van der Waals surface area contributed by atoms with Gasteiger partial charge in [0.25, 0.3) is 5.56 Å². The minimum absolute atomic E-state index is 0. The Morgan fingerprint density at radius 3 is 2.52 bits per heavy atom. The zero-order valence-corrected chi connectivity index (χ0v) is 16.1. The van der Waals surface area contributed by atoms with Crippen molar-refractivity contribution in [3.63, 3.8) is 0 Å². The topological polar surface area (TPSA) is 88.0 Å². The first kappa shape index (κ1) is 19.6. The molecule has 146 valence electrons. The molecular formula is C19H23ClFN3O3. The van der Waals surface area contributed by atoms with Crippen molar-refractivity contribution >= 4 is 29.6 Å². The van der Waals surface area contributed by atoms with Crippen LogP contribution < -0.4 is 16.2 Å². The predicted octanol–water partition coefficient (Wildman–Crippen LogP) is 2.53. The van der Waals surface area contributed by atoms with Gasteiger partial charge in [0.1, 0.15) is 5.56 Å². The molecule has 2 fully saturated rings. The van der Waals surface area contributed by atoms with Crippen LogP contribution in [0.4, 0.5) is 10.1 Å². The van der Waals surface area contributed by atoms with Gasteiger partial charge < -0.3 is 15.7 Å². The van der Waals surface area contributed by atoms with Crippen LogP contribution in [0.1, 0.15) is 47.2 Å². The van der Waals surface area contributed by atoms with E-state index in [1.54, 1.807) is 6.92 Å². The lowest BCUT2D eigenvalue weighted by atomic mass is 10.0. The maximum atomic E-state index is 15.0. The molecule has 1 saturated carbocycles. The van der Waals surface area contributed by atoms with Gasteiger partial charge in [0.2, 0.25) is 0 Å². The molecule has 1 aliphatic carbocycles. The summed E-state index contributed by atoms with van der Waals surface area (Å²) >= 11 is 0. The first-order chi connectivity index (χ1) is 12.3. The number of nitrogens with zero attached hydrogens (tertiary/aromatic N) is 2. The highest BCUT2D eigenvalue weighted by molar-refractivity contribution is 5.89. The number of halogens is 2. The summed E-state index contributed by atoms with van der Waals surface area (Å²) in [6.45, 7) is 5.06. The van der Waals surface area contributed by atoms with Gasteiger partial charge in [-0.2, -0.15) is 0 Å². The van der Waals surface area contributed by atoms with Gasteiger partial charge in [0.05, 0.1) is 17.4 Å². The molecule has 4 rings (SSSR count). The zero-order valence-electron chi connectivity index (χ0n) is 15.2. The van der Waals surface area contributed by atoms with Crippen LogP contribution >= 0.6 is 12.4 Å². The molecule has 2 aromatic heterocycles. The van der Waals surface area contributed by atoms with Crippen molar-refractivity contribution in [1.82, 2.24) is 4.40 Å². The van der Waals surface area contributed by atoms with Crippen molar-refractivity contribution in [3.8, 4) is 0 Å². The number of carbonyl (C=O) groups is 1. The summed E-state index contributed by atoms with van der Waals surface area (Å²) in [6.07, 6.45) is 3.03. The molecule has 0 radical (unpaired) electrons. The number of hydrogen-bond acceptors (Lipinski definition) is 4. The number of nitrogens with two attached hydrogens (primary N) is 1. The summed E-state index contributed by atoms with van der Waals surface area (Å²) in [7, 11) is 0. The summed E-state index contributed by atoms with van der Waals surface area (Å²) in [5, 5.41) is 9.35. The second kappa shape index (κ2) is 6.80. The molecule has 27 heavy (non-hydrogen) atoms. The average molecular weight is 396 g/mol. The van der Waals surface area contributed by atoms with Crippen LogP contribution in [0.2, 0.25) is 0 Å². The van der Waals surface area contributed by atoms with E-state index in [1.165, 1.54) is 10.5 Å². The van der Waals surface area contributed by atoms with Gasteiger partial charge in [-0.1, -0.05) is 6.92 Å². The number of fused-ring (bicyclic) bond motifs is 1. The molecule has 0 unspecified atom stereocenters. The Morgan fingerprint density at radius 1 is 1.33 bits per heavy atom. The van der Waals surface area contributed by atoms with Crippen LogP contribution in [0.15, 0.2) is 17.1 Å². The van der Waals surface area contributed by atoms with Crippen molar-refractivity contribution in [1.29, 1.82) is 0 Å². The van der Waals surface area contributed by atoms with Crippen molar-refractivity contribution in [2.45, 2.75) is 38.6 Å². The van der Waals surface area contributed by atoms with E-state index in [0.29, 0.717) is 29.9 Å². The maximum absolute atomic E-state index is 15.0. The normalized spacial score (nSPS) is 22.1. The van der Waals surface area contributed by atoms with E-state index in [0.717, 1.165) is 24.6 Å². The Hall–Kier alpha value is -2.12. The monoisotopic (exact) mass is 395 g/mol. The number of anilines is 1. The third kappa shape index (κ3) is 3.08. The number of hydrogen-bond donors (Lipinski definition) is 2. The lowest BCUT2D eigenvalue weighted by Gasteiger charge is -2.24. The molecule has 6 nitrogen and oxygen atoms in total. The van der Waals surface area contributed by atoms with Gasteiger partial charge in [-0.25, -0.2) is 9.18 Å². The predicted molar refractivity (Wildman–Crippen MR) is 104 cm³/mol. The van der Waals surface area contributed by atoms with E-state index < -0.39 is 17.3 Å². The quantitative estimate of drug-likeness (QED) is 0.833. The molecule has 1 aliphatic heterocycles. The third-order valence-corrected chi connectivity index (χ3v) is 5.68. The Balaban J connectivity index is 0.00000210. The Labute approximate surface area is 162 Å². The van der Waals surface area contributed by atoms with E-state index in [2.05, 4.69) is 0 Å². The Morgan fingerprint density at radius 2 is 2.00 bits per heavy atom. The van der Waals surface area contributed by atoms with Gasteiger partial charge in [-0.05, 0) is 48.8 Å². The summed E-state index contributed by atoms with van der Waals surface area (Å²) in [6, 6.07) is 1.45. The minimum Gasteiger partial charge on any atom is -0.477 e. The molecular weight excluding hydrogens is 373 g/mol. The summed E-state index contributed by atoms with van der Waals surface area (Å²) in [5.41, 5.74) is 7.67. The molecule has 2 aromatic rings. The molecule has 8 heteroatoms. The van der Waals surface area contributed by atoms with Crippen LogP contribution in [0.5, 0.6) is 0 Å². The number of carboxylic acids is 1. The molecule has 2 atom stereocenters. The van der Waals surface area contributed by atoms with E-state index in [9.17, 15) is 19.1 Å². The van der Waals surface area contributed by atoms with Crippen LogP contribution in [-0.2, 0) is 0 Å². The second-order valence-electron chi connectivity index (χ2n) is 7.61. The van der Waals surface area contributed by atoms with Crippen LogP contribution in [0.3, 0.4) is 0 Å². The lowest BCUT2D eigenvalue weighted by molar-refractivity contribution is 0.0694. The van der Waals surface area contributed by atoms with Crippen LogP contribution in [-0.4, -0.2) is 34.6 Å². The molecule has 3 N–H and O–H groups in total. The Bertz CT molecular complexity index is 977. The number of aromatic nitrogens is 1. The van der Waals surface area contributed by atoms with Crippen molar-refractivity contribution in [2.75, 3.05) is 18.0 Å². The highest BCUT2D eigenvalue weighted by Crippen LogP contribution is 2.44. The highest BCUT2D eigenvalue weighted by atomic mass is 35.5. The maximum Gasteiger partial charge on any atom is 0.341 e. The smallest absolute Gasteiger partial charge is 0.341 e. The first-order valence-electron chi connectivity index (χ1n) is 8.91. The zero-order chi connectivity index (χ0) is 18.7. The highest BCUT2D eigenvalue weighted by Gasteiger charge is 2.33.